The predicted octanol–water partition coefficient (Wildman–Crippen LogP) is 3.66. The lowest BCUT2D eigenvalue weighted by molar-refractivity contribution is -0.123. The smallest absolute Gasteiger partial charge is 0.259 e. The number of amides is 3. The van der Waals surface area contributed by atoms with E-state index in [9.17, 15) is 14.4 Å². The minimum Gasteiger partial charge on any atom is -0.379 e. The number of fused-ring (bicyclic) bond motifs is 2. The fourth-order valence-corrected chi connectivity index (χ4v) is 5.12. The van der Waals surface area contributed by atoms with Crippen LogP contribution in [0.3, 0.4) is 0 Å². The molecular formula is C26H24N6O3S. The van der Waals surface area contributed by atoms with E-state index in [0.717, 1.165) is 28.2 Å². The van der Waals surface area contributed by atoms with Crippen LogP contribution in [0.1, 0.15) is 24.5 Å². The van der Waals surface area contributed by atoms with Gasteiger partial charge in [0.2, 0.25) is 5.91 Å². The molecule has 0 fully saturated rings. The van der Waals surface area contributed by atoms with Gasteiger partial charge in [-0.1, -0.05) is 30.0 Å². The number of carbonyl (C=O) groups is 3. The van der Waals surface area contributed by atoms with Crippen molar-refractivity contribution in [3.63, 3.8) is 0 Å². The number of hydrogen-bond donors (Lipinski definition) is 5. The van der Waals surface area contributed by atoms with Crippen LogP contribution < -0.4 is 16.4 Å². The third-order valence-electron chi connectivity index (χ3n) is 6.06. The number of benzene rings is 2. The number of nitrogens with zero attached hydrogens (tertiary/aromatic N) is 1. The van der Waals surface area contributed by atoms with Crippen molar-refractivity contribution in [2.75, 3.05) is 11.1 Å². The van der Waals surface area contributed by atoms with Gasteiger partial charge in [0.25, 0.3) is 11.8 Å². The molecule has 4 aromatic rings. The maximum absolute atomic E-state index is 13.2. The topological polar surface area (TPSA) is 146 Å². The summed E-state index contributed by atoms with van der Waals surface area (Å²) in [4.78, 5) is 41.1. The van der Waals surface area contributed by atoms with Gasteiger partial charge in [-0.15, -0.1) is 0 Å². The highest BCUT2D eigenvalue weighted by molar-refractivity contribution is 8.13. The number of aromatic amines is 1. The van der Waals surface area contributed by atoms with Crippen molar-refractivity contribution in [3.05, 3.63) is 66.0 Å². The van der Waals surface area contributed by atoms with Gasteiger partial charge in [-0.05, 0) is 30.7 Å². The molecule has 0 saturated carbocycles. The minimum atomic E-state index is -0.462. The van der Waals surface area contributed by atoms with E-state index in [1.165, 1.54) is 18.7 Å². The van der Waals surface area contributed by atoms with Crippen LogP contribution in [0.4, 0.5) is 5.69 Å². The zero-order valence-electron chi connectivity index (χ0n) is 19.5. The van der Waals surface area contributed by atoms with E-state index >= 15 is 0 Å². The largest absolute Gasteiger partial charge is 0.379 e. The molecule has 3 amide bonds. The molecule has 10 heteroatoms. The standard InChI is InChI=1S/C26H24N6O3S/c1-14(33)30-15-7-8-21-17(11-15)19(13-32(21)9-4-10-36-26(27)28)23-22(24(34)31-25(23)35)18-12-29-20-6-3-2-5-16(18)20/h2-3,5-8,11-13,29H,4,9-10H2,1H3,(H3,27,28)(H,30,33)(H,31,34,35). The Morgan fingerprint density at radius 1 is 1.08 bits per heavy atom. The number of nitrogens with two attached hydrogens (primary N) is 1. The molecule has 0 unspecified atom stereocenters. The summed E-state index contributed by atoms with van der Waals surface area (Å²) in [6.07, 6.45) is 4.38. The normalized spacial score (nSPS) is 13.6. The molecule has 0 spiro atoms. The molecule has 182 valence electrons. The molecule has 0 radical (unpaired) electrons. The Morgan fingerprint density at radius 2 is 1.83 bits per heavy atom. The van der Waals surface area contributed by atoms with Crippen molar-refractivity contribution in [1.29, 1.82) is 5.41 Å². The van der Waals surface area contributed by atoms with Gasteiger partial charge in [0, 0.05) is 70.2 Å². The van der Waals surface area contributed by atoms with E-state index in [1.54, 1.807) is 6.20 Å². The fraction of sp³-hybridized carbons (Fsp3) is 0.154. The number of anilines is 1. The zero-order chi connectivity index (χ0) is 25.4. The maximum Gasteiger partial charge on any atom is 0.259 e. The Morgan fingerprint density at radius 3 is 2.58 bits per heavy atom. The van der Waals surface area contributed by atoms with Crippen molar-refractivity contribution in [3.8, 4) is 0 Å². The number of aromatic nitrogens is 2. The molecule has 1 aliphatic rings. The van der Waals surface area contributed by atoms with Crippen molar-refractivity contribution < 1.29 is 14.4 Å². The van der Waals surface area contributed by atoms with Crippen LogP contribution in [0.5, 0.6) is 0 Å². The fourth-order valence-electron chi connectivity index (χ4n) is 4.63. The van der Waals surface area contributed by atoms with Crippen molar-refractivity contribution in [1.82, 2.24) is 14.9 Å². The molecule has 0 atom stereocenters. The Hall–Kier alpha value is -4.31. The molecule has 1 aliphatic heterocycles. The highest BCUT2D eigenvalue weighted by Crippen LogP contribution is 2.39. The minimum absolute atomic E-state index is 0.0719. The van der Waals surface area contributed by atoms with Crippen LogP contribution in [-0.2, 0) is 20.9 Å². The van der Waals surface area contributed by atoms with Crippen LogP contribution in [0.15, 0.2) is 54.9 Å². The van der Waals surface area contributed by atoms with Gasteiger partial charge in [-0.3, -0.25) is 25.1 Å². The second-order valence-corrected chi connectivity index (χ2v) is 9.63. The summed E-state index contributed by atoms with van der Waals surface area (Å²) < 4.78 is 2.03. The number of amidine groups is 1. The average Bonchev–Trinajstić information content (AvgIpc) is 3.49. The van der Waals surface area contributed by atoms with Crippen LogP contribution in [0.25, 0.3) is 33.0 Å². The van der Waals surface area contributed by atoms with Crippen molar-refractivity contribution in [2.45, 2.75) is 19.9 Å². The average molecular weight is 501 g/mol. The van der Waals surface area contributed by atoms with Gasteiger partial charge in [0.05, 0.1) is 11.1 Å². The summed E-state index contributed by atoms with van der Waals surface area (Å²) in [5.41, 5.74) is 9.66. The number of hydrogen-bond acceptors (Lipinski definition) is 5. The summed E-state index contributed by atoms with van der Waals surface area (Å²) >= 11 is 1.28. The molecule has 2 aromatic heterocycles. The van der Waals surface area contributed by atoms with E-state index in [1.807, 2.05) is 53.2 Å². The van der Waals surface area contributed by atoms with Gasteiger partial charge in [0.1, 0.15) is 0 Å². The number of para-hydroxylation sites is 1. The second kappa shape index (κ2) is 9.38. The molecule has 0 aliphatic carbocycles. The quantitative estimate of drug-likeness (QED) is 0.114. The van der Waals surface area contributed by atoms with E-state index in [2.05, 4.69) is 15.6 Å². The summed E-state index contributed by atoms with van der Waals surface area (Å²) in [6.45, 7) is 2.06. The van der Waals surface area contributed by atoms with Gasteiger partial charge >= 0.3 is 0 Å². The lowest BCUT2D eigenvalue weighted by Crippen LogP contribution is -2.22. The molecule has 2 aromatic carbocycles. The first-order valence-corrected chi connectivity index (χ1v) is 12.4. The van der Waals surface area contributed by atoms with Crippen LogP contribution in [0, 0.1) is 5.41 Å². The monoisotopic (exact) mass is 500 g/mol. The predicted molar refractivity (Wildman–Crippen MR) is 143 cm³/mol. The molecule has 0 saturated heterocycles. The summed E-state index contributed by atoms with van der Waals surface area (Å²) in [6, 6.07) is 13.1. The van der Waals surface area contributed by atoms with E-state index in [-0.39, 0.29) is 11.1 Å². The number of nitrogens with one attached hydrogen (secondary N) is 4. The Kier molecular flexibility index (Phi) is 6.11. The number of thioether (sulfide) groups is 1. The van der Waals surface area contributed by atoms with E-state index < -0.39 is 11.8 Å². The first-order valence-electron chi connectivity index (χ1n) is 11.4. The third kappa shape index (κ3) is 4.27. The van der Waals surface area contributed by atoms with Crippen molar-refractivity contribution in [2.24, 2.45) is 5.73 Å². The second-order valence-electron chi connectivity index (χ2n) is 8.50. The highest BCUT2D eigenvalue weighted by atomic mass is 32.2. The maximum atomic E-state index is 13.2. The van der Waals surface area contributed by atoms with E-state index in [4.69, 9.17) is 11.1 Å². The number of rotatable bonds is 7. The molecule has 6 N–H and O–H groups in total. The Balaban J connectivity index is 1.69. The van der Waals surface area contributed by atoms with Crippen LogP contribution in [-0.4, -0.2) is 38.2 Å². The molecule has 36 heavy (non-hydrogen) atoms. The van der Waals surface area contributed by atoms with Crippen LogP contribution >= 0.6 is 11.8 Å². The summed E-state index contributed by atoms with van der Waals surface area (Å²) in [7, 11) is 0. The summed E-state index contributed by atoms with van der Waals surface area (Å²) in [5.74, 6) is -0.437. The molecule has 5 rings (SSSR count). The SMILES string of the molecule is CC(=O)Nc1ccc2c(c1)c(C1=C(c3c[nH]c4ccccc34)C(=O)NC1=O)cn2CCCSC(=N)N. The lowest BCUT2D eigenvalue weighted by Gasteiger charge is -2.07. The van der Waals surface area contributed by atoms with Gasteiger partial charge in [0.15, 0.2) is 5.17 Å². The number of aryl methyl sites for hydroxylation is 1. The number of H-pyrrole nitrogens is 1. The van der Waals surface area contributed by atoms with Gasteiger partial charge in [-0.2, -0.15) is 0 Å². The first kappa shape index (κ1) is 23.4. The summed E-state index contributed by atoms with van der Waals surface area (Å²) in [5, 5.41) is 14.3. The Bertz CT molecular complexity index is 1600. The molecule has 0 bridgehead atoms. The van der Waals surface area contributed by atoms with Gasteiger partial charge < -0.3 is 20.6 Å². The highest BCUT2D eigenvalue weighted by Gasteiger charge is 2.35. The van der Waals surface area contributed by atoms with Crippen LogP contribution in [0.2, 0.25) is 0 Å². The van der Waals surface area contributed by atoms with Gasteiger partial charge in [-0.25, -0.2) is 0 Å². The molecular weight excluding hydrogens is 476 g/mol. The lowest BCUT2D eigenvalue weighted by atomic mass is 9.95. The Labute approximate surface area is 210 Å². The van der Waals surface area contributed by atoms with E-state index in [0.29, 0.717) is 40.3 Å². The molecule has 3 heterocycles. The van der Waals surface area contributed by atoms with Crippen molar-refractivity contribution >= 4 is 73.3 Å². The first-order chi connectivity index (χ1) is 17.3. The third-order valence-corrected chi connectivity index (χ3v) is 6.87. The molecule has 9 nitrogen and oxygen atoms in total. The number of carbonyl (C=O) groups excluding carboxylic acids is 3. The number of imide groups is 1. The zero-order valence-corrected chi connectivity index (χ0v) is 20.3.